The summed E-state index contributed by atoms with van der Waals surface area (Å²) in [4.78, 5) is 4.52. The number of unbranched alkanes of at least 4 members (excludes halogenated alkanes) is 1. The van der Waals surface area contributed by atoms with Crippen LogP contribution in [0.5, 0.6) is 0 Å². The molecule has 0 heterocycles. The van der Waals surface area contributed by atoms with Gasteiger partial charge in [-0.25, -0.2) is 0 Å². The number of aryl methyl sites for hydroxylation is 5. The second kappa shape index (κ2) is 25.3. The SMILES string of the molecule is CCCCC(c1ccc(C(C)(C)c2ccc(-c3ccc(C)cc3)cc2)cc1)(c1ccc(C(C)(C)c2ccc(-c3ccc(N(C)c4ccc(C)c(C)c4)cc3)cc2)cc1)c1ccc(C(C)(C)c2ccc(-c3ccc(N(C)c4ccc(C)c(C)c4)cc3)cc2)cc1. The highest BCUT2D eigenvalue weighted by atomic mass is 15.1. The largest absolute Gasteiger partial charge is 0.345 e. The third-order valence-electron chi connectivity index (χ3n) is 20.3. The first kappa shape index (κ1) is 61.7. The minimum atomic E-state index is -0.407. The topological polar surface area (TPSA) is 6.48 Å². The summed E-state index contributed by atoms with van der Waals surface area (Å²) in [6.07, 6.45) is 3.15. The molecule has 2 nitrogen and oxygen atoms in total. The van der Waals surface area contributed by atoms with Crippen molar-refractivity contribution in [3.63, 3.8) is 0 Å². The molecule has 448 valence electrons. The number of benzene rings is 11. The normalized spacial score (nSPS) is 12.1. The second-order valence-corrected chi connectivity index (χ2v) is 27.0. The van der Waals surface area contributed by atoms with Crippen LogP contribution in [0.1, 0.15) is 146 Å². The quantitative estimate of drug-likeness (QED) is 0.0745. The van der Waals surface area contributed by atoms with Crippen molar-refractivity contribution < 1.29 is 0 Å². The zero-order chi connectivity index (χ0) is 62.8. The van der Waals surface area contributed by atoms with Crippen molar-refractivity contribution in [1.82, 2.24) is 0 Å². The Morgan fingerprint density at radius 3 is 0.742 bits per heavy atom. The Labute approximate surface area is 533 Å². The van der Waals surface area contributed by atoms with Crippen LogP contribution in [0.4, 0.5) is 22.7 Å². The van der Waals surface area contributed by atoms with Gasteiger partial charge in [-0.3, -0.25) is 0 Å². The molecule has 11 aromatic rings. The van der Waals surface area contributed by atoms with Crippen LogP contribution in [0.2, 0.25) is 0 Å². The summed E-state index contributed by atoms with van der Waals surface area (Å²) >= 11 is 0. The Morgan fingerprint density at radius 1 is 0.258 bits per heavy atom. The Morgan fingerprint density at radius 2 is 0.483 bits per heavy atom. The molecule has 0 atom stereocenters. The van der Waals surface area contributed by atoms with Gasteiger partial charge in [-0.05, 0) is 195 Å². The third kappa shape index (κ3) is 12.5. The highest BCUT2D eigenvalue weighted by Crippen LogP contribution is 2.47. The van der Waals surface area contributed by atoms with Crippen molar-refractivity contribution in [2.45, 2.75) is 124 Å². The molecule has 0 aromatic heterocycles. The monoisotopic (exact) mass is 1160 g/mol. The number of nitrogens with zero attached hydrogens (tertiary/aromatic N) is 2. The lowest BCUT2D eigenvalue weighted by molar-refractivity contribution is 0.525. The van der Waals surface area contributed by atoms with Crippen LogP contribution >= 0.6 is 0 Å². The number of hydrogen-bond donors (Lipinski definition) is 0. The molecular weight excluding hydrogens is 1070 g/mol. The van der Waals surface area contributed by atoms with Crippen LogP contribution < -0.4 is 9.80 Å². The van der Waals surface area contributed by atoms with E-state index >= 15 is 0 Å². The number of anilines is 4. The summed E-state index contributed by atoms with van der Waals surface area (Å²) in [5.41, 5.74) is 29.2. The molecule has 0 radical (unpaired) electrons. The first-order valence-electron chi connectivity index (χ1n) is 32.2. The maximum absolute atomic E-state index is 2.45. The maximum Gasteiger partial charge on any atom is 0.0451 e. The molecule has 0 aliphatic carbocycles. The van der Waals surface area contributed by atoms with Gasteiger partial charge in [0.05, 0.1) is 0 Å². The van der Waals surface area contributed by atoms with Crippen LogP contribution in [-0.2, 0) is 21.7 Å². The van der Waals surface area contributed by atoms with Crippen molar-refractivity contribution in [1.29, 1.82) is 0 Å². The maximum atomic E-state index is 2.45. The molecule has 0 saturated heterocycles. The fourth-order valence-electron chi connectivity index (χ4n) is 13.3. The minimum absolute atomic E-state index is 0.209. The zero-order valence-electron chi connectivity index (χ0n) is 55.3. The van der Waals surface area contributed by atoms with Gasteiger partial charge in [-0.2, -0.15) is 0 Å². The molecule has 0 bridgehead atoms. The predicted octanol–water partition coefficient (Wildman–Crippen LogP) is 23.3. The zero-order valence-corrected chi connectivity index (χ0v) is 55.3. The summed E-state index contributed by atoms with van der Waals surface area (Å²) in [6, 6.07) is 96.9. The van der Waals surface area contributed by atoms with Crippen LogP contribution in [0.25, 0.3) is 33.4 Å². The van der Waals surface area contributed by atoms with E-state index in [0.29, 0.717) is 0 Å². The summed E-state index contributed by atoms with van der Waals surface area (Å²) in [5, 5.41) is 0. The summed E-state index contributed by atoms with van der Waals surface area (Å²) in [7, 11) is 4.29. The van der Waals surface area contributed by atoms with Crippen molar-refractivity contribution >= 4 is 22.7 Å². The molecule has 0 amide bonds. The van der Waals surface area contributed by atoms with E-state index in [1.54, 1.807) is 0 Å². The Kier molecular flexibility index (Phi) is 17.5. The molecule has 11 rings (SSSR count). The molecule has 0 spiro atoms. The number of rotatable bonds is 19. The van der Waals surface area contributed by atoms with Gasteiger partial charge in [0.15, 0.2) is 0 Å². The van der Waals surface area contributed by atoms with E-state index < -0.39 is 5.41 Å². The fourth-order valence-corrected chi connectivity index (χ4v) is 13.3. The minimum Gasteiger partial charge on any atom is -0.345 e. The second-order valence-electron chi connectivity index (χ2n) is 27.0. The summed E-state index contributed by atoms with van der Waals surface area (Å²) in [5.74, 6) is 0. The fraction of sp³-hybridized carbons (Fsp3) is 0.241. The van der Waals surface area contributed by atoms with Gasteiger partial charge in [0.25, 0.3) is 0 Å². The van der Waals surface area contributed by atoms with Gasteiger partial charge in [-0.15, -0.1) is 0 Å². The molecule has 0 fully saturated rings. The van der Waals surface area contributed by atoms with Crippen LogP contribution in [0, 0.1) is 34.6 Å². The van der Waals surface area contributed by atoms with Crippen molar-refractivity contribution in [2.24, 2.45) is 0 Å². The predicted molar refractivity (Wildman–Crippen MR) is 383 cm³/mol. The Hall–Kier alpha value is -8.98. The molecule has 0 N–H and O–H groups in total. The standard InChI is InChI=1S/C87H90N2/c1-15-16-57-87(77-45-39-74(40-46-77)84(7,8)71-33-23-66(24-34-71)65-21-17-60(2)18-22-65,78-47-41-75(42-48-78)85(9,10)72-35-25-67(26-36-72)69-29-53-80(54-30-69)88(13)82-51-19-61(3)63(5)58-82)79-49-43-76(44-50-79)86(11,12)73-37-27-68(28-38-73)70-31-55-81(56-32-70)89(14)83-52-20-62(4)64(6)59-83/h17-56,58-59H,15-16,57H2,1-14H3. The van der Waals surface area contributed by atoms with E-state index in [1.807, 2.05) is 0 Å². The van der Waals surface area contributed by atoms with Gasteiger partial charge >= 0.3 is 0 Å². The molecular formula is C87H90N2. The molecule has 0 saturated carbocycles. The van der Waals surface area contributed by atoms with Crippen LogP contribution in [0.15, 0.2) is 255 Å². The van der Waals surface area contributed by atoms with Crippen LogP contribution in [-0.4, -0.2) is 14.1 Å². The summed E-state index contributed by atoms with van der Waals surface area (Å²) < 4.78 is 0. The van der Waals surface area contributed by atoms with E-state index in [4.69, 9.17) is 0 Å². The first-order valence-corrected chi connectivity index (χ1v) is 32.2. The third-order valence-corrected chi connectivity index (χ3v) is 20.3. The average Bonchev–Trinajstić information content (AvgIpc) is 0.887. The van der Waals surface area contributed by atoms with E-state index in [0.717, 1.165) is 19.3 Å². The summed E-state index contributed by atoms with van der Waals surface area (Å²) in [6.45, 7) is 27.4. The molecule has 89 heavy (non-hydrogen) atoms. The van der Waals surface area contributed by atoms with Crippen molar-refractivity contribution in [2.75, 3.05) is 23.9 Å². The van der Waals surface area contributed by atoms with Crippen LogP contribution in [0.3, 0.4) is 0 Å². The van der Waals surface area contributed by atoms with Gasteiger partial charge in [-0.1, -0.05) is 273 Å². The van der Waals surface area contributed by atoms with E-state index in [1.165, 1.54) is 134 Å². The van der Waals surface area contributed by atoms with Gasteiger partial charge in [0, 0.05) is 58.5 Å². The molecule has 0 unspecified atom stereocenters. The molecule has 11 aromatic carbocycles. The lowest BCUT2D eigenvalue weighted by atomic mass is 9.65. The highest BCUT2D eigenvalue weighted by Gasteiger charge is 2.38. The highest BCUT2D eigenvalue weighted by molar-refractivity contribution is 5.73. The van der Waals surface area contributed by atoms with E-state index in [2.05, 4.69) is 362 Å². The smallest absolute Gasteiger partial charge is 0.0451 e. The van der Waals surface area contributed by atoms with Gasteiger partial charge < -0.3 is 9.80 Å². The molecule has 2 heteroatoms. The first-order chi connectivity index (χ1) is 42.7. The van der Waals surface area contributed by atoms with E-state index in [9.17, 15) is 0 Å². The van der Waals surface area contributed by atoms with Gasteiger partial charge in [0.1, 0.15) is 0 Å². The molecule has 0 aliphatic heterocycles. The number of hydrogen-bond acceptors (Lipinski definition) is 2. The van der Waals surface area contributed by atoms with Crippen molar-refractivity contribution in [3.8, 4) is 33.4 Å². The Bertz CT molecular complexity index is 3980. The average molecular weight is 1160 g/mol. The van der Waals surface area contributed by atoms with Crippen molar-refractivity contribution in [3.05, 3.63) is 333 Å². The lowest BCUT2D eigenvalue weighted by Crippen LogP contribution is -2.30. The lowest BCUT2D eigenvalue weighted by Gasteiger charge is -2.38. The van der Waals surface area contributed by atoms with Gasteiger partial charge in [0.2, 0.25) is 0 Å². The van der Waals surface area contributed by atoms with E-state index in [-0.39, 0.29) is 16.2 Å². The Balaban J connectivity index is 0.893. The molecule has 0 aliphatic rings.